The first-order chi connectivity index (χ1) is 12.1. The van der Waals surface area contributed by atoms with Gasteiger partial charge in [-0.2, -0.15) is 0 Å². The van der Waals surface area contributed by atoms with E-state index in [1.165, 1.54) is 19.3 Å². The summed E-state index contributed by atoms with van der Waals surface area (Å²) >= 11 is 0. The van der Waals surface area contributed by atoms with Gasteiger partial charge in [-0.1, -0.05) is 18.5 Å². The SMILES string of the molecule is CCC1CCC(C(=O)N2CCCN(C(=O)c3cc(C)on3)CC2)CC1. The van der Waals surface area contributed by atoms with Crippen molar-refractivity contribution in [2.24, 2.45) is 11.8 Å². The van der Waals surface area contributed by atoms with Gasteiger partial charge in [0.15, 0.2) is 5.69 Å². The molecule has 2 heterocycles. The number of rotatable bonds is 3. The highest BCUT2D eigenvalue weighted by molar-refractivity contribution is 5.92. The van der Waals surface area contributed by atoms with Crippen molar-refractivity contribution in [3.8, 4) is 0 Å². The monoisotopic (exact) mass is 347 g/mol. The van der Waals surface area contributed by atoms with E-state index in [2.05, 4.69) is 12.1 Å². The van der Waals surface area contributed by atoms with Gasteiger partial charge in [0.25, 0.3) is 5.91 Å². The van der Waals surface area contributed by atoms with Crippen molar-refractivity contribution in [2.75, 3.05) is 26.2 Å². The van der Waals surface area contributed by atoms with Crippen LogP contribution in [0.4, 0.5) is 0 Å². The number of amides is 2. The van der Waals surface area contributed by atoms with Crippen LogP contribution in [0.25, 0.3) is 0 Å². The fourth-order valence-corrected chi connectivity index (χ4v) is 4.05. The van der Waals surface area contributed by atoms with Crippen LogP contribution in [0.2, 0.25) is 0 Å². The third kappa shape index (κ3) is 4.22. The molecule has 2 fully saturated rings. The molecule has 2 amide bonds. The minimum Gasteiger partial charge on any atom is -0.361 e. The first kappa shape index (κ1) is 18.0. The van der Waals surface area contributed by atoms with E-state index >= 15 is 0 Å². The van der Waals surface area contributed by atoms with Gasteiger partial charge in [0, 0.05) is 38.2 Å². The van der Waals surface area contributed by atoms with E-state index in [-0.39, 0.29) is 11.8 Å². The summed E-state index contributed by atoms with van der Waals surface area (Å²) in [6.45, 7) is 6.62. The Morgan fingerprint density at radius 1 is 1.12 bits per heavy atom. The first-order valence-electron chi connectivity index (χ1n) is 9.60. The largest absolute Gasteiger partial charge is 0.361 e. The second kappa shape index (κ2) is 8.02. The van der Waals surface area contributed by atoms with Crippen molar-refractivity contribution < 1.29 is 14.1 Å². The minimum atomic E-state index is -0.102. The van der Waals surface area contributed by atoms with Crippen molar-refractivity contribution in [2.45, 2.75) is 52.4 Å². The molecule has 6 nitrogen and oxygen atoms in total. The molecule has 0 bridgehead atoms. The summed E-state index contributed by atoms with van der Waals surface area (Å²) in [4.78, 5) is 29.1. The van der Waals surface area contributed by atoms with Gasteiger partial charge in [0.05, 0.1) is 0 Å². The van der Waals surface area contributed by atoms with E-state index in [0.717, 1.165) is 31.7 Å². The number of aryl methyl sites for hydroxylation is 1. The fourth-order valence-electron chi connectivity index (χ4n) is 4.05. The van der Waals surface area contributed by atoms with Gasteiger partial charge in [-0.05, 0) is 44.9 Å². The third-order valence-electron chi connectivity index (χ3n) is 5.72. The molecule has 0 N–H and O–H groups in total. The molecule has 0 unspecified atom stereocenters. The molecule has 1 aliphatic carbocycles. The van der Waals surface area contributed by atoms with Gasteiger partial charge in [0.2, 0.25) is 5.91 Å². The Morgan fingerprint density at radius 3 is 2.44 bits per heavy atom. The normalized spacial score (nSPS) is 24.9. The Balaban J connectivity index is 1.54. The molecule has 0 spiro atoms. The lowest BCUT2D eigenvalue weighted by Gasteiger charge is -2.31. The number of hydrogen-bond acceptors (Lipinski definition) is 4. The number of carbonyl (C=O) groups excluding carboxylic acids is 2. The zero-order valence-corrected chi connectivity index (χ0v) is 15.4. The Labute approximate surface area is 149 Å². The minimum absolute atomic E-state index is 0.102. The molecule has 1 saturated heterocycles. The lowest BCUT2D eigenvalue weighted by Crippen LogP contribution is -2.41. The second-order valence-corrected chi connectivity index (χ2v) is 7.42. The number of aromatic nitrogens is 1. The number of hydrogen-bond donors (Lipinski definition) is 0. The smallest absolute Gasteiger partial charge is 0.276 e. The van der Waals surface area contributed by atoms with Crippen LogP contribution in [-0.2, 0) is 4.79 Å². The lowest BCUT2D eigenvalue weighted by atomic mass is 9.80. The molecule has 0 aromatic carbocycles. The van der Waals surface area contributed by atoms with Gasteiger partial charge in [-0.15, -0.1) is 0 Å². The standard InChI is InChI=1S/C19H29N3O3/c1-3-15-5-7-16(8-6-15)18(23)21-9-4-10-22(12-11-21)19(24)17-13-14(2)25-20-17/h13,15-16H,3-12H2,1-2H3. The summed E-state index contributed by atoms with van der Waals surface area (Å²) in [6.07, 6.45) is 6.44. The molecule has 6 heteroatoms. The van der Waals surface area contributed by atoms with Gasteiger partial charge in [0.1, 0.15) is 5.76 Å². The molecule has 3 rings (SSSR count). The highest BCUT2D eigenvalue weighted by Crippen LogP contribution is 2.31. The third-order valence-corrected chi connectivity index (χ3v) is 5.72. The Hall–Kier alpha value is -1.85. The predicted octanol–water partition coefficient (Wildman–Crippen LogP) is 2.87. The lowest BCUT2D eigenvalue weighted by molar-refractivity contribution is -0.136. The molecule has 1 aromatic rings. The van der Waals surface area contributed by atoms with Crippen LogP contribution < -0.4 is 0 Å². The van der Waals surface area contributed by atoms with Crippen molar-refractivity contribution in [3.63, 3.8) is 0 Å². The van der Waals surface area contributed by atoms with Gasteiger partial charge in [-0.25, -0.2) is 0 Å². The van der Waals surface area contributed by atoms with Crippen molar-refractivity contribution in [1.82, 2.24) is 15.0 Å². The maximum absolute atomic E-state index is 12.8. The summed E-state index contributed by atoms with van der Waals surface area (Å²) in [6, 6.07) is 1.67. The zero-order chi connectivity index (χ0) is 17.8. The van der Waals surface area contributed by atoms with E-state index in [0.29, 0.717) is 37.0 Å². The van der Waals surface area contributed by atoms with Crippen molar-refractivity contribution in [1.29, 1.82) is 0 Å². The Morgan fingerprint density at radius 2 is 1.80 bits per heavy atom. The maximum Gasteiger partial charge on any atom is 0.276 e. The number of nitrogens with zero attached hydrogens (tertiary/aromatic N) is 3. The van der Waals surface area contributed by atoms with E-state index in [1.54, 1.807) is 17.9 Å². The van der Waals surface area contributed by atoms with Crippen molar-refractivity contribution in [3.05, 3.63) is 17.5 Å². The summed E-state index contributed by atoms with van der Waals surface area (Å²) < 4.78 is 5.00. The van der Waals surface area contributed by atoms with Crippen LogP contribution in [-0.4, -0.2) is 52.9 Å². The maximum atomic E-state index is 12.8. The Kier molecular flexibility index (Phi) is 5.76. The first-order valence-corrected chi connectivity index (χ1v) is 9.60. The van der Waals surface area contributed by atoms with Gasteiger partial charge in [-0.3, -0.25) is 9.59 Å². The van der Waals surface area contributed by atoms with Crippen LogP contribution in [0.5, 0.6) is 0 Å². The topological polar surface area (TPSA) is 66.7 Å². The average Bonchev–Trinajstić information content (AvgIpc) is 2.93. The van der Waals surface area contributed by atoms with E-state index in [1.807, 2.05) is 4.90 Å². The van der Waals surface area contributed by atoms with Gasteiger partial charge >= 0.3 is 0 Å². The summed E-state index contributed by atoms with van der Waals surface area (Å²) in [5.41, 5.74) is 0.357. The highest BCUT2D eigenvalue weighted by atomic mass is 16.5. The van der Waals surface area contributed by atoms with Gasteiger partial charge < -0.3 is 14.3 Å². The molecule has 138 valence electrons. The summed E-state index contributed by atoms with van der Waals surface area (Å²) in [5, 5.41) is 3.82. The van der Waals surface area contributed by atoms with E-state index < -0.39 is 0 Å². The number of carbonyl (C=O) groups is 2. The molecule has 0 atom stereocenters. The summed E-state index contributed by atoms with van der Waals surface area (Å²) in [7, 11) is 0. The van der Waals surface area contributed by atoms with E-state index in [9.17, 15) is 9.59 Å². The summed E-state index contributed by atoms with van der Waals surface area (Å²) in [5.74, 6) is 1.81. The zero-order valence-electron chi connectivity index (χ0n) is 15.4. The second-order valence-electron chi connectivity index (χ2n) is 7.42. The fraction of sp³-hybridized carbons (Fsp3) is 0.737. The van der Waals surface area contributed by atoms with E-state index in [4.69, 9.17) is 4.52 Å². The molecule has 25 heavy (non-hydrogen) atoms. The van der Waals surface area contributed by atoms with Crippen LogP contribution >= 0.6 is 0 Å². The quantitative estimate of drug-likeness (QED) is 0.843. The molecule has 1 aliphatic heterocycles. The van der Waals surface area contributed by atoms with Crippen LogP contribution in [0.3, 0.4) is 0 Å². The molecule has 0 radical (unpaired) electrons. The van der Waals surface area contributed by atoms with Crippen LogP contribution in [0.1, 0.15) is 61.7 Å². The van der Waals surface area contributed by atoms with Crippen LogP contribution in [0, 0.1) is 18.8 Å². The molecule has 1 aromatic heterocycles. The molecule has 2 aliphatic rings. The predicted molar refractivity (Wildman–Crippen MR) is 94.1 cm³/mol. The molecular weight excluding hydrogens is 318 g/mol. The van der Waals surface area contributed by atoms with Crippen LogP contribution in [0.15, 0.2) is 10.6 Å². The van der Waals surface area contributed by atoms with Crippen molar-refractivity contribution >= 4 is 11.8 Å². The Bertz CT molecular complexity index is 605. The molecule has 1 saturated carbocycles. The molecular formula is C19H29N3O3. The highest BCUT2D eigenvalue weighted by Gasteiger charge is 2.31. The average molecular weight is 347 g/mol.